The zero-order valence-electron chi connectivity index (χ0n) is 14.0. The number of piperidine rings is 1. The highest BCUT2D eigenvalue weighted by atomic mass is 16.5. The van der Waals surface area contributed by atoms with Gasteiger partial charge in [0.2, 0.25) is 17.7 Å². The number of nitrogens with zero attached hydrogens (tertiary/aromatic N) is 3. The summed E-state index contributed by atoms with van der Waals surface area (Å²) in [6.45, 7) is 7.35. The van der Waals surface area contributed by atoms with Crippen LogP contribution < -0.4 is 9.47 Å². The largest absolute Gasteiger partial charge is 0.481 e. The number of rotatable bonds is 3. The minimum Gasteiger partial charge on any atom is -0.481 e. The van der Waals surface area contributed by atoms with E-state index < -0.39 is 0 Å². The Hall–Kier alpha value is -1.85. The van der Waals surface area contributed by atoms with Crippen molar-refractivity contribution in [2.75, 3.05) is 27.3 Å². The Morgan fingerprint density at radius 1 is 1.14 bits per heavy atom. The smallest absolute Gasteiger partial charge is 0.227 e. The SMILES string of the molecule is COc1cc(OC)nc(C2CCN(C(=O)C(C)(C)C)CC2)n1. The number of methoxy groups -OCH3 is 2. The van der Waals surface area contributed by atoms with Crippen LogP contribution in [0, 0.1) is 5.41 Å². The molecule has 0 aliphatic carbocycles. The zero-order chi connectivity index (χ0) is 16.3. The summed E-state index contributed by atoms with van der Waals surface area (Å²) in [5.74, 6) is 2.19. The molecule has 1 aromatic heterocycles. The van der Waals surface area contributed by atoms with E-state index in [0.717, 1.165) is 31.8 Å². The van der Waals surface area contributed by atoms with E-state index in [1.807, 2.05) is 25.7 Å². The van der Waals surface area contributed by atoms with Crippen LogP contribution >= 0.6 is 0 Å². The standard InChI is InChI=1S/C16H25N3O3/c1-16(2,3)15(20)19-8-6-11(7-9-19)14-17-12(21-4)10-13(18-14)22-5/h10-11H,6-9H2,1-5H3. The number of likely N-dealkylation sites (tertiary alicyclic amines) is 1. The molecule has 0 saturated carbocycles. The minimum atomic E-state index is -0.331. The molecule has 0 unspecified atom stereocenters. The molecule has 0 bridgehead atoms. The lowest BCUT2D eigenvalue weighted by molar-refractivity contribution is -0.140. The highest BCUT2D eigenvalue weighted by molar-refractivity contribution is 5.81. The predicted molar refractivity (Wildman–Crippen MR) is 83.1 cm³/mol. The van der Waals surface area contributed by atoms with Gasteiger partial charge in [-0.1, -0.05) is 20.8 Å². The Balaban J connectivity index is 2.07. The molecule has 2 heterocycles. The summed E-state index contributed by atoms with van der Waals surface area (Å²) in [5.41, 5.74) is -0.331. The molecule has 22 heavy (non-hydrogen) atoms. The maximum atomic E-state index is 12.3. The quantitative estimate of drug-likeness (QED) is 0.857. The van der Waals surface area contributed by atoms with Crippen molar-refractivity contribution in [1.29, 1.82) is 0 Å². The van der Waals surface area contributed by atoms with Crippen molar-refractivity contribution < 1.29 is 14.3 Å². The normalized spacial score (nSPS) is 16.5. The lowest BCUT2D eigenvalue weighted by atomic mass is 9.91. The van der Waals surface area contributed by atoms with Gasteiger partial charge in [-0.15, -0.1) is 0 Å². The van der Waals surface area contributed by atoms with Gasteiger partial charge in [0, 0.05) is 24.4 Å². The number of ether oxygens (including phenoxy) is 2. The average molecular weight is 307 g/mol. The van der Waals surface area contributed by atoms with Gasteiger partial charge in [-0.3, -0.25) is 4.79 Å². The van der Waals surface area contributed by atoms with Crippen LogP contribution in [0.25, 0.3) is 0 Å². The topological polar surface area (TPSA) is 64.6 Å². The molecule has 0 N–H and O–H groups in total. The third kappa shape index (κ3) is 3.67. The molecule has 0 radical (unpaired) electrons. The van der Waals surface area contributed by atoms with Crippen LogP contribution in [0.15, 0.2) is 6.07 Å². The Kier molecular flexibility index (Phi) is 4.88. The van der Waals surface area contributed by atoms with E-state index in [1.54, 1.807) is 20.3 Å². The van der Waals surface area contributed by atoms with Crippen LogP contribution in [0.3, 0.4) is 0 Å². The first-order valence-electron chi connectivity index (χ1n) is 7.61. The molecule has 1 aliphatic rings. The van der Waals surface area contributed by atoms with Gasteiger partial charge in [-0.25, -0.2) is 0 Å². The predicted octanol–water partition coefficient (Wildman–Crippen LogP) is 2.25. The summed E-state index contributed by atoms with van der Waals surface area (Å²) in [6.07, 6.45) is 1.72. The lowest BCUT2D eigenvalue weighted by Gasteiger charge is -2.35. The Bertz CT molecular complexity index is 510. The number of hydrogen-bond acceptors (Lipinski definition) is 5. The summed E-state index contributed by atoms with van der Waals surface area (Å²) in [6, 6.07) is 1.67. The van der Waals surface area contributed by atoms with E-state index in [2.05, 4.69) is 9.97 Å². The van der Waals surface area contributed by atoms with Crippen molar-refractivity contribution in [3.8, 4) is 11.8 Å². The molecule has 1 amide bonds. The first kappa shape index (κ1) is 16.5. The molecule has 6 heteroatoms. The number of carbonyl (C=O) groups is 1. The molecule has 0 spiro atoms. The van der Waals surface area contributed by atoms with Gasteiger partial charge in [0.05, 0.1) is 20.3 Å². The second kappa shape index (κ2) is 6.50. The molecule has 6 nitrogen and oxygen atoms in total. The van der Waals surface area contributed by atoms with Crippen molar-refractivity contribution in [3.05, 3.63) is 11.9 Å². The minimum absolute atomic E-state index is 0.204. The summed E-state index contributed by atoms with van der Waals surface area (Å²) in [4.78, 5) is 23.1. The summed E-state index contributed by atoms with van der Waals surface area (Å²) >= 11 is 0. The van der Waals surface area contributed by atoms with Gasteiger partial charge < -0.3 is 14.4 Å². The molecule has 1 aromatic rings. The Morgan fingerprint density at radius 2 is 1.64 bits per heavy atom. The van der Waals surface area contributed by atoms with Gasteiger partial charge in [0.1, 0.15) is 5.82 Å². The molecule has 0 atom stereocenters. The molecule has 1 saturated heterocycles. The summed E-state index contributed by atoms with van der Waals surface area (Å²) in [5, 5.41) is 0. The second-order valence-corrected chi connectivity index (χ2v) is 6.63. The maximum absolute atomic E-state index is 12.3. The summed E-state index contributed by atoms with van der Waals surface area (Å²) < 4.78 is 10.4. The van der Waals surface area contributed by atoms with Crippen LogP contribution in [-0.4, -0.2) is 48.1 Å². The van der Waals surface area contributed by atoms with Gasteiger partial charge >= 0.3 is 0 Å². The van der Waals surface area contributed by atoms with E-state index in [-0.39, 0.29) is 17.2 Å². The van der Waals surface area contributed by atoms with E-state index >= 15 is 0 Å². The average Bonchev–Trinajstić information content (AvgIpc) is 2.52. The number of hydrogen-bond donors (Lipinski definition) is 0. The molecule has 1 aliphatic heterocycles. The van der Waals surface area contributed by atoms with E-state index in [4.69, 9.17) is 9.47 Å². The Morgan fingerprint density at radius 3 is 2.05 bits per heavy atom. The Labute approximate surface area is 131 Å². The van der Waals surface area contributed by atoms with E-state index in [0.29, 0.717) is 11.8 Å². The van der Waals surface area contributed by atoms with Crippen LogP contribution in [0.5, 0.6) is 11.8 Å². The highest BCUT2D eigenvalue weighted by Crippen LogP contribution is 2.30. The van der Waals surface area contributed by atoms with Crippen molar-refractivity contribution in [2.45, 2.75) is 39.5 Å². The molecule has 0 aromatic carbocycles. The van der Waals surface area contributed by atoms with Crippen LogP contribution in [0.1, 0.15) is 45.4 Å². The first-order chi connectivity index (χ1) is 10.3. The van der Waals surface area contributed by atoms with Crippen molar-refractivity contribution in [3.63, 3.8) is 0 Å². The summed E-state index contributed by atoms with van der Waals surface area (Å²) in [7, 11) is 3.16. The van der Waals surface area contributed by atoms with Crippen LogP contribution in [-0.2, 0) is 4.79 Å². The number of amides is 1. The zero-order valence-corrected chi connectivity index (χ0v) is 14.0. The van der Waals surface area contributed by atoms with Crippen molar-refractivity contribution in [2.24, 2.45) is 5.41 Å². The fraction of sp³-hybridized carbons (Fsp3) is 0.688. The van der Waals surface area contributed by atoms with E-state index in [9.17, 15) is 4.79 Å². The first-order valence-corrected chi connectivity index (χ1v) is 7.61. The monoisotopic (exact) mass is 307 g/mol. The maximum Gasteiger partial charge on any atom is 0.227 e. The van der Waals surface area contributed by atoms with Gasteiger partial charge in [-0.05, 0) is 12.8 Å². The fourth-order valence-electron chi connectivity index (χ4n) is 2.63. The van der Waals surface area contributed by atoms with Crippen molar-refractivity contribution in [1.82, 2.24) is 14.9 Å². The fourth-order valence-corrected chi connectivity index (χ4v) is 2.63. The molecular formula is C16H25N3O3. The third-order valence-electron chi connectivity index (χ3n) is 3.90. The lowest BCUT2D eigenvalue weighted by Crippen LogP contribution is -2.43. The molecule has 2 rings (SSSR count). The molecule has 122 valence electrons. The molecule has 1 fully saturated rings. The van der Waals surface area contributed by atoms with Gasteiger partial charge in [-0.2, -0.15) is 9.97 Å². The molecular weight excluding hydrogens is 282 g/mol. The number of carbonyl (C=O) groups excluding carboxylic acids is 1. The van der Waals surface area contributed by atoms with Crippen LogP contribution in [0.2, 0.25) is 0 Å². The van der Waals surface area contributed by atoms with Crippen LogP contribution in [0.4, 0.5) is 0 Å². The van der Waals surface area contributed by atoms with Gasteiger partial charge in [0.15, 0.2) is 0 Å². The number of aromatic nitrogens is 2. The highest BCUT2D eigenvalue weighted by Gasteiger charge is 2.31. The van der Waals surface area contributed by atoms with E-state index in [1.165, 1.54) is 0 Å². The third-order valence-corrected chi connectivity index (χ3v) is 3.90. The van der Waals surface area contributed by atoms with Crippen molar-refractivity contribution >= 4 is 5.91 Å². The van der Waals surface area contributed by atoms with Gasteiger partial charge in [0.25, 0.3) is 0 Å². The second-order valence-electron chi connectivity index (χ2n) is 6.63.